The van der Waals surface area contributed by atoms with Crippen LogP contribution in [0, 0.1) is 0 Å². The zero-order valence-electron chi connectivity index (χ0n) is 16.6. The van der Waals surface area contributed by atoms with Crippen LogP contribution >= 0.6 is 0 Å². The Hall–Kier alpha value is -2.12. The van der Waals surface area contributed by atoms with Crippen LogP contribution in [0.2, 0.25) is 0 Å². The largest absolute Gasteiger partial charge is 0.378 e. The number of piperazine rings is 1. The average molecular weight is 374 g/mol. The predicted octanol–water partition coefficient (Wildman–Crippen LogP) is 0.436. The van der Waals surface area contributed by atoms with E-state index in [1.807, 2.05) is 14.1 Å². The van der Waals surface area contributed by atoms with Gasteiger partial charge in [0.2, 0.25) is 0 Å². The van der Waals surface area contributed by atoms with Gasteiger partial charge in [0.05, 0.1) is 6.04 Å². The number of hydrogen-bond acceptors (Lipinski definition) is 5. The molecule has 0 radical (unpaired) electrons. The molecule has 2 aliphatic rings. The lowest BCUT2D eigenvalue weighted by atomic mass is 10.0. The van der Waals surface area contributed by atoms with Crippen molar-refractivity contribution >= 4 is 17.5 Å². The van der Waals surface area contributed by atoms with Gasteiger partial charge in [-0.25, -0.2) is 0 Å². The van der Waals surface area contributed by atoms with Gasteiger partial charge in [0.25, 0.3) is 0 Å². The third kappa shape index (κ3) is 5.43. The number of rotatable bonds is 6. The van der Waals surface area contributed by atoms with Crippen molar-refractivity contribution in [2.45, 2.75) is 24.9 Å². The van der Waals surface area contributed by atoms with Crippen molar-refractivity contribution in [3.8, 4) is 0 Å². The lowest BCUT2D eigenvalue weighted by Gasteiger charge is -2.38. The Morgan fingerprint density at radius 1 is 1.07 bits per heavy atom. The van der Waals surface area contributed by atoms with Crippen LogP contribution in [0.25, 0.3) is 0 Å². The Bertz CT molecular complexity index is 649. The number of hydrogen-bond donors (Lipinski definition) is 2. The molecule has 2 N–H and O–H groups in total. The van der Waals surface area contributed by atoms with E-state index in [1.165, 1.54) is 0 Å². The Labute approximate surface area is 161 Å². The molecule has 0 aromatic heterocycles. The monoisotopic (exact) mass is 373 g/mol. The first-order valence-electron chi connectivity index (χ1n) is 9.72. The van der Waals surface area contributed by atoms with E-state index in [2.05, 4.69) is 56.6 Å². The molecule has 27 heavy (non-hydrogen) atoms. The van der Waals surface area contributed by atoms with Gasteiger partial charge in [0.1, 0.15) is 0 Å². The average Bonchev–Trinajstić information content (AvgIpc) is 3.47. The highest BCUT2D eigenvalue weighted by Crippen LogP contribution is 2.24. The number of nitrogens with zero attached hydrogens (tertiary/aromatic N) is 3. The quantitative estimate of drug-likeness (QED) is 0.708. The summed E-state index contributed by atoms with van der Waals surface area (Å²) >= 11 is 0. The number of carbonyl (C=O) groups is 2. The van der Waals surface area contributed by atoms with Crippen molar-refractivity contribution in [3.63, 3.8) is 0 Å². The van der Waals surface area contributed by atoms with Crippen LogP contribution in [0.5, 0.6) is 0 Å². The zero-order valence-corrected chi connectivity index (χ0v) is 16.6. The maximum absolute atomic E-state index is 12.2. The van der Waals surface area contributed by atoms with Crippen molar-refractivity contribution in [2.75, 3.05) is 58.8 Å². The van der Waals surface area contributed by atoms with Gasteiger partial charge in [-0.3, -0.25) is 14.5 Å². The van der Waals surface area contributed by atoms with E-state index in [9.17, 15) is 9.59 Å². The third-order valence-electron chi connectivity index (χ3n) is 5.35. The second kappa shape index (κ2) is 8.71. The summed E-state index contributed by atoms with van der Waals surface area (Å²) in [6, 6.07) is 8.69. The van der Waals surface area contributed by atoms with Crippen molar-refractivity contribution in [3.05, 3.63) is 29.8 Å². The van der Waals surface area contributed by atoms with Gasteiger partial charge in [0.15, 0.2) is 0 Å². The summed E-state index contributed by atoms with van der Waals surface area (Å²) in [6.45, 7) is 4.33. The molecule has 7 nitrogen and oxygen atoms in total. The van der Waals surface area contributed by atoms with Gasteiger partial charge in [-0.15, -0.1) is 0 Å². The van der Waals surface area contributed by atoms with Crippen molar-refractivity contribution < 1.29 is 9.59 Å². The zero-order chi connectivity index (χ0) is 19.4. The summed E-state index contributed by atoms with van der Waals surface area (Å²) in [6.07, 6.45) is 1.95. The number of anilines is 1. The van der Waals surface area contributed by atoms with Crippen LogP contribution < -0.4 is 15.5 Å². The fraction of sp³-hybridized carbons (Fsp3) is 0.600. The lowest BCUT2D eigenvalue weighted by molar-refractivity contribution is -0.139. The molecule has 1 aromatic rings. The summed E-state index contributed by atoms with van der Waals surface area (Å²) in [5.41, 5.74) is 2.30. The summed E-state index contributed by atoms with van der Waals surface area (Å²) in [7, 11) is 6.17. The van der Waals surface area contributed by atoms with E-state index in [1.54, 1.807) is 0 Å². The van der Waals surface area contributed by atoms with Crippen molar-refractivity contribution in [2.24, 2.45) is 0 Å². The highest BCUT2D eigenvalue weighted by atomic mass is 16.2. The van der Waals surface area contributed by atoms with Gasteiger partial charge >= 0.3 is 11.8 Å². The van der Waals surface area contributed by atoms with E-state index < -0.39 is 11.8 Å². The summed E-state index contributed by atoms with van der Waals surface area (Å²) < 4.78 is 0. The van der Waals surface area contributed by atoms with Gasteiger partial charge in [-0.05, 0) is 37.6 Å². The fourth-order valence-electron chi connectivity index (χ4n) is 3.33. The SMILES string of the molecule is CN1CCN([C@H](CNC(=O)C(=O)NC2CC2)c2ccc(N(C)C)cc2)CC1. The van der Waals surface area contributed by atoms with Gasteiger partial charge in [-0.2, -0.15) is 0 Å². The molecule has 7 heteroatoms. The smallest absolute Gasteiger partial charge is 0.309 e. The number of carbonyl (C=O) groups excluding carboxylic acids is 2. The molecule has 2 amide bonds. The van der Waals surface area contributed by atoms with Crippen LogP contribution in [0.3, 0.4) is 0 Å². The molecule has 1 saturated heterocycles. The summed E-state index contributed by atoms with van der Waals surface area (Å²) in [5, 5.41) is 5.59. The van der Waals surface area contributed by atoms with E-state index in [4.69, 9.17) is 0 Å². The summed E-state index contributed by atoms with van der Waals surface area (Å²) in [5.74, 6) is -1.05. The number of benzene rings is 1. The van der Waals surface area contributed by atoms with Gasteiger partial charge in [-0.1, -0.05) is 12.1 Å². The van der Waals surface area contributed by atoms with Crippen LogP contribution in [-0.4, -0.2) is 81.5 Å². The Kier molecular flexibility index (Phi) is 6.34. The van der Waals surface area contributed by atoms with E-state index in [0.29, 0.717) is 6.54 Å². The van der Waals surface area contributed by atoms with E-state index >= 15 is 0 Å². The summed E-state index contributed by atoms with van der Waals surface area (Å²) in [4.78, 5) is 30.9. The van der Waals surface area contributed by atoms with Crippen molar-refractivity contribution in [1.82, 2.24) is 20.4 Å². The molecule has 1 aliphatic carbocycles. The minimum atomic E-state index is -0.536. The maximum Gasteiger partial charge on any atom is 0.309 e. The molecule has 148 valence electrons. The van der Waals surface area contributed by atoms with Crippen molar-refractivity contribution in [1.29, 1.82) is 0 Å². The first-order chi connectivity index (χ1) is 12.9. The second-order valence-corrected chi connectivity index (χ2v) is 7.80. The topological polar surface area (TPSA) is 67.9 Å². The van der Waals surface area contributed by atoms with E-state index in [0.717, 1.165) is 50.3 Å². The second-order valence-electron chi connectivity index (χ2n) is 7.80. The molecule has 0 bridgehead atoms. The molecule has 1 aromatic carbocycles. The molecule has 1 atom stereocenters. The molecular formula is C20H31N5O2. The molecular weight excluding hydrogens is 342 g/mol. The lowest BCUT2D eigenvalue weighted by Crippen LogP contribution is -2.49. The normalized spacial score (nSPS) is 19.4. The van der Waals surface area contributed by atoms with E-state index in [-0.39, 0.29) is 12.1 Å². The third-order valence-corrected chi connectivity index (χ3v) is 5.35. The number of nitrogens with one attached hydrogen (secondary N) is 2. The molecule has 0 spiro atoms. The van der Waals surface area contributed by atoms with Gasteiger partial charge in [0, 0.05) is 58.5 Å². The van der Waals surface area contributed by atoms with Gasteiger partial charge < -0.3 is 20.4 Å². The molecule has 2 fully saturated rings. The van der Waals surface area contributed by atoms with Crippen LogP contribution in [0.1, 0.15) is 24.4 Å². The molecule has 1 saturated carbocycles. The first-order valence-corrected chi connectivity index (χ1v) is 9.72. The Balaban J connectivity index is 1.67. The van der Waals surface area contributed by atoms with Crippen LogP contribution in [-0.2, 0) is 9.59 Å². The van der Waals surface area contributed by atoms with Crippen LogP contribution in [0.4, 0.5) is 5.69 Å². The van der Waals surface area contributed by atoms with Crippen LogP contribution in [0.15, 0.2) is 24.3 Å². The molecule has 1 heterocycles. The highest BCUT2D eigenvalue weighted by molar-refractivity contribution is 6.35. The Morgan fingerprint density at radius 3 is 2.26 bits per heavy atom. The number of likely N-dealkylation sites (N-methyl/N-ethyl adjacent to an activating group) is 1. The fourth-order valence-corrected chi connectivity index (χ4v) is 3.33. The molecule has 3 rings (SSSR count). The Morgan fingerprint density at radius 2 is 1.70 bits per heavy atom. The number of amides is 2. The predicted molar refractivity (Wildman–Crippen MR) is 107 cm³/mol. The standard InChI is InChI=1S/C20H31N5O2/c1-23(2)17-8-4-15(5-9-17)18(25-12-10-24(3)11-13-25)14-21-19(26)20(27)22-16-6-7-16/h4-5,8-9,16,18H,6-7,10-14H2,1-3H3,(H,21,26)(H,22,27)/t18-/m1/s1. The first kappa shape index (κ1) is 19.6. The minimum absolute atomic E-state index is 0.0626. The molecule has 0 unspecified atom stereocenters. The minimum Gasteiger partial charge on any atom is -0.378 e. The highest BCUT2D eigenvalue weighted by Gasteiger charge is 2.28. The molecule has 1 aliphatic heterocycles. The maximum atomic E-state index is 12.2.